The molecule has 1 rings (SSSR count). The maximum atomic E-state index is 11.9. The monoisotopic (exact) mass is 264 g/mol. The van der Waals surface area contributed by atoms with E-state index in [1.165, 1.54) is 0 Å². The molecule has 0 saturated heterocycles. The minimum absolute atomic E-state index is 0.116. The molecule has 0 aromatic heterocycles. The molecule has 0 saturated carbocycles. The van der Waals surface area contributed by atoms with Crippen molar-refractivity contribution in [2.75, 3.05) is 6.61 Å². The average Bonchev–Trinajstić information content (AvgIpc) is 2.27. The molecule has 0 aliphatic heterocycles. The minimum Gasteiger partial charge on any atom is -0.491 e. The number of aryl methyl sites for hydroxylation is 1. The van der Waals surface area contributed by atoms with Gasteiger partial charge in [-0.05, 0) is 56.9 Å². The number of carbonyl (C=O) groups is 1. The lowest BCUT2D eigenvalue weighted by molar-refractivity contribution is 0.0525. The van der Waals surface area contributed by atoms with E-state index in [9.17, 15) is 4.79 Å². The van der Waals surface area contributed by atoms with Gasteiger partial charge in [0.25, 0.3) is 0 Å². The summed E-state index contributed by atoms with van der Waals surface area (Å²) in [6, 6.07) is 3.83. The van der Waals surface area contributed by atoms with Gasteiger partial charge in [0.15, 0.2) is 0 Å². The maximum absolute atomic E-state index is 11.9. The molecule has 0 heterocycles. The van der Waals surface area contributed by atoms with Crippen LogP contribution in [0.25, 0.3) is 0 Å². The normalized spacial score (nSPS) is 10.9. The first kappa shape index (κ1) is 15.5. The zero-order chi connectivity index (χ0) is 14.6. The zero-order valence-corrected chi connectivity index (χ0v) is 12.7. The summed E-state index contributed by atoms with van der Waals surface area (Å²) in [6.45, 7) is 12.3. The molecule has 0 spiro atoms. The summed E-state index contributed by atoms with van der Waals surface area (Å²) in [6.07, 6.45) is 0.116. The van der Waals surface area contributed by atoms with Crippen LogP contribution in [-0.2, 0) is 4.74 Å². The highest BCUT2D eigenvalue weighted by molar-refractivity contribution is 5.91. The van der Waals surface area contributed by atoms with Crippen molar-refractivity contribution in [3.05, 3.63) is 28.8 Å². The maximum Gasteiger partial charge on any atom is 0.338 e. The summed E-state index contributed by atoms with van der Waals surface area (Å²) in [4.78, 5) is 11.9. The Bertz CT molecular complexity index is 448. The predicted octanol–water partition coefficient (Wildman–Crippen LogP) is 4.08. The Morgan fingerprint density at radius 2 is 1.84 bits per heavy atom. The van der Waals surface area contributed by atoms with E-state index in [1.54, 1.807) is 0 Å². The quantitative estimate of drug-likeness (QED) is 0.752. The van der Waals surface area contributed by atoms with Gasteiger partial charge < -0.3 is 9.47 Å². The number of hydrogen-bond donors (Lipinski definition) is 0. The van der Waals surface area contributed by atoms with Gasteiger partial charge in [0.1, 0.15) is 5.75 Å². The smallest absolute Gasteiger partial charge is 0.338 e. The van der Waals surface area contributed by atoms with E-state index < -0.39 is 0 Å². The second-order valence-electron chi connectivity index (χ2n) is 5.25. The Balaban J connectivity index is 3.24. The van der Waals surface area contributed by atoms with Gasteiger partial charge in [-0.2, -0.15) is 0 Å². The van der Waals surface area contributed by atoms with Crippen LogP contribution in [0.3, 0.4) is 0 Å². The Morgan fingerprint density at radius 3 is 2.32 bits per heavy atom. The SMILES string of the molecule is CCOC(=O)c1cc(C(C)C)c(OC(C)C)cc1C. The summed E-state index contributed by atoms with van der Waals surface area (Å²) >= 11 is 0. The number of rotatable bonds is 5. The molecule has 0 N–H and O–H groups in total. The second-order valence-corrected chi connectivity index (χ2v) is 5.25. The molecule has 3 heteroatoms. The molecule has 1 aromatic rings. The highest BCUT2D eigenvalue weighted by atomic mass is 16.5. The number of benzene rings is 1. The van der Waals surface area contributed by atoms with Crippen LogP contribution in [0.15, 0.2) is 12.1 Å². The van der Waals surface area contributed by atoms with Crippen LogP contribution in [0.4, 0.5) is 0 Å². The van der Waals surface area contributed by atoms with Crippen LogP contribution in [0.5, 0.6) is 5.75 Å². The van der Waals surface area contributed by atoms with Gasteiger partial charge in [-0.3, -0.25) is 0 Å². The van der Waals surface area contributed by atoms with Crippen molar-refractivity contribution in [3.63, 3.8) is 0 Å². The van der Waals surface area contributed by atoms with Crippen LogP contribution in [0, 0.1) is 6.92 Å². The lowest BCUT2D eigenvalue weighted by Crippen LogP contribution is -2.12. The van der Waals surface area contributed by atoms with Gasteiger partial charge in [0, 0.05) is 0 Å². The van der Waals surface area contributed by atoms with Gasteiger partial charge in [-0.25, -0.2) is 4.79 Å². The van der Waals surface area contributed by atoms with E-state index in [0.29, 0.717) is 18.1 Å². The van der Waals surface area contributed by atoms with Gasteiger partial charge in [0.2, 0.25) is 0 Å². The van der Waals surface area contributed by atoms with Crippen LogP contribution < -0.4 is 4.74 Å². The van der Waals surface area contributed by atoms with Crippen LogP contribution >= 0.6 is 0 Å². The summed E-state index contributed by atoms with van der Waals surface area (Å²) in [7, 11) is 0. The Kier molecular flexibility index (Phi) is 5.40. The van der Waals surface area contributed by atoms with Crippen LogP contribution in [-0.4, -0.2) is 18.7 Å². The van der Waals surface area contributed by atoms with Crippen molar-refractivity contribution in [3.8, 4) is 5.75 Å². The third kappa shape index (κ3) is 3.98. The third-order valence-electron chi connectivity index (χ3n) is 2.84. The van der Waals surface area contributed by atoms with E-state index in [4.69, 9.17) is 9.47 Å². The first-order valence-electron chi connectivity index (χ1n) is 6.85. The molecule has 1 aromatic carbocycles. The molecule has 0 radical (unpaired) electrons. The second kappa shape index (κ2) is 6.60. The predicted molar refractivity (Wildman–Crippen MR) is 77.0 cm³/mol. The molecular formula is C16H24O3. The molecule has 19 heavy (non-hydrogen) atoms. The lowest BCUT2D eigenvalue weighted by Gasteiger charge is -2.19. The Hall–Kier alpha value is -1.51. The fourth-order valence-corrected chi connectivity index (χ4v) is 1.93. The Labute approximate surface area is 115 Å². The molecule has 0 aliphatic rings. The van der Waals surface area contributed by atoms with E-state index in [0.717, 1.165) is 16.9 Å². The summed E-state index contributed by atoms with van der Waals surface area (Å²) in [5, 5.41) is 0. The molecule has 0 unspecified atom stereocenters. The fourth-order valence-electron chi connectivity index (χ4n) is 1.93. The van der Waals surface area contributed by atoms with Gasteiger partial charge >= 0.3 is 5.97 Å². The molecule has 0 amide bonds. The molecule has 0 fully saturated rings. The molecule has 106 valence electrons. The van der Waals surface area contributed by atoms with Crippen LogP contribution in [0.2, 0.25) is 0 Å². The number of carbonyl (C=O) groups excluding carboxylic acids is 1. The highest BCUT2D eigenvalue weighted by Gasteiger charge is 2.17. The Morgan fingerprint density at radius 1 is 1.21 bits per heavy atom. The first-order valence-corrected chi connectivity index (χ1v) is 6.85. The van der Waals surface area contributed by atoms with Crippen molar-refractivity contribution >= 4 is 5.97 Å². The minimum atomic E-state index is -0.266. The number of hydrogen-bond acceptors (Lipinski definition) is 3. The molecule has 0 atom stereocenters. The van der Waals surface area contributed by atoms with Crippen LogP contribution in [0.1, 0.15) is 62.0 Å². The summed E-state index contributed by atoms with van der Waals surface area (Å²) in [5.74, 6) is 0.885. The van der Waals surface area contributed by atoms with E-state index in [-0.39, 0.29) is 12.1 Å². The van der Waals surface area contributed by atoms with Crippen molar-refractivity contribution in [1.29, 1.82) is 0 Å². The molecule has 0 aliphatic carbocycles. The number of esters is 1. The third-order valence-corrected chi connectivity index (χ3v) is 2.84. The van der Waals surface area contributed by atoms with Crippen molar-refractivity contribution in [1.82, 2.24) is 0 Å². The first-order chi connectivity index (χ1) is 8.86. The van der Waals surface area contributed by atoms with E-state index >= 15 is 0 Å². The van der Waals surface area contributed by atoms with Crippen molar-refractivity contribution < 1.29 is 14.3 Å². The zero-order valence-electron chi connectivity index (χ0n) is 12.7. The fraction of sp³-hybridized carbons (Fsp3) is 0.562. The standard InChI is InChI=1S/C16H24O3/c1-7-18-16(17)14-9-13(10(2)3)15(8-12(14)6)19-11(4)5/h8-11H,7H2,1-6H3. The van der Waals surface area contributed by atoms with Gasteiger partial charge in [0.05, 0.1) is 18.3 Å². The van der Waals surface area contributed by atoms with Gasteiger partial charge in [-0.15, -0.1) is 0 Å². The van der Waals surface area contributed by atoms with Gasteiger partial charge in [-0.1, -0.05) is 13.8 Å². The van der Waals surface area contributed by atoms with Crippen molar-refractivity contribution in [2.24, 2.45) is 0 Å². The molecule has 0 bridgehead atoms. The summed E-state index contributed by atoms with van der Waals surface area (Å²) in [5.41, 5.74) is 2.56. The number of ether oxygens (including phenoxy) is 2. The van der Waals surface area contributed by atoms with E-state index in [1.807, 2.05) is 39.8 Å². The lowest BCUT2D eigenvalue weighted by atomic mass is 9.96. The average molecular weight is 264 g/mol. The molecule has 3 nitrogen and oxygen atoms in total. The van der Waals surface area contributed by atoms with Crippen molar-refractivity contribution in [2.45, 2.75) is 53.6 Å². The molecular weight excluding hydrogens is 240 g/mol. The summed E-state index contributed by atoms with van der Waals surface area (Å²) < 4.78 is 10.9. The van der Waals surface area contributed by atoms with E-state index in [2.05, 4.69) is 13.8 Å². The topological polar surface area (TPSA) is 35.5 Å². The highest BCUT2D eigenvalue weighted by Crippen LogP contribution is 2.31. The largest absolute Gasteiger partial charge is 0.491 e.